The molecule has 2 amide bonds. The van der Waals surface area contributed by atoms with Crippen LogP contribution in [0.15, 0.2) is 29.1 Å². The highest BCUT2D eigenvalue weighted by molar-refractivity contribution is 7.98. The molecule has 0 heterocycles. The summed E-state index contributed by atoms with van der Waals surface area (Å²) in [5, 5.41) is 17.7. The quantitative estimate of drug-likeness (QED) is 0.237. The Morgan fingerprint density at radius 1 is 1.10 bits per heavy atom. The summed E-state index contributed by atoms with van der Waals surface area (Å²) in [5.74, 6) is 0.553. The number of hydrogen-bond donors (Lipinski definition) is 4. The maximum absolute atomic E-state index is 13.6. The van der Waals surface area contributed by atoms with Crippen LogP contribution < -0.4 is 35.6 Å². The summed E-state index contributed by atoms with van der Waals surface area (Å²) in [6.07, 6.45) is 3.73. The third kappa shape index (κ3) is 7.87. The fraction of sp³-hybridized carbons (Fsp3) is 0.467. The highest BCUT2D eigenvalue weighted by Gasteiger charge is 2.30. The van der Waals surface area contributed by atoms with Crippen LogP contribution in [-0.4, -0.2) is 68.8 Å². The van der Waals surface area contributed by atoms with E-state index in [1.165, 1.54) is 27.2 Å². The summed E-state index contributed by atoms with van der Waals surface area (Å²) < 4.78 is 17.0. The number of ether oxygens (including phenoxy) is 3. The molecule has 2 unspecified atom stereocenters. The van der Waals surface area contributed by atoms with E-state index in [0.717, 1.165) is 11.1 Å². The third-order valence-electron chi connectivity index (χ3n) is 7.04. The smallest absolute Gasteiger partial charge is 0.303 e. The minimum absolute atomic E-state index is 0.0506. The van der Waals surface area contributed by atoms with E-state index in [2.05, 4.69) is 16.0 Å². The molecule has 42 heavy (non-hydrogen) atoms. The number of anilines is 1. The molecular weight excluding hydrogens is 562 g/mol. The average Bonchev–Trinajstić information content (AvgIpc) is 3.20. The van der Waals surface area contributed by atoms with Crippen molar-refractivity contribution in [2.75, 3.05) is 45.2 Å². The molecule has 3 rings (SSSR count). The molecule has 228 valence electrons. The van der Waals surface area contributed by atoms with Crippen molar-refractivity contribution in [2.24, 2.45) is 0 Å². The van der Waals surface area contributed by atoms with Crippen LogP contribution in [0.1, 0.15) is 49.8 Å². The Morgan fingerprint density at radius 2 is 1.83 bits per heavy atom. The van der Waals surface area contributed by atoms with Crippen LogP contribution in [0.2, 0.25) is 0 Å². The van der Waals surface area contributed by atoms with Crippen molar-refractivity contribution in [1.29, 1.82) is 0 Å². The highest BCUT2D eigenvalue weighted by Crippen LogP contribution is 2.50. The second-order valence-electron chi connectivity index (χ2n) is 9.86. The van der Waals surface area contributed by atoms with Gasteiger partial charge in [0.1, 0.15) is 6.04 Å². The Morgan fingerprint density at radius 3 is 2.45 bits per heavy atom. The number of rotatable bonds is 14. The van der Waals surface area contributed by atoms with Gasteiger partial charge in [0.05, 0.1) is 33.1 Å². The van der Waals surface area contributed by atoms with Crippen LogP contribution in [0.3, 0.4) is 0 Å². The number of benzene rings is 1. The number of carboxylic acids is 1. The zero-order valence-corrected chi connectivity index (χ0v) is 25.4. The maximum atomic E-state index is 13.6. The van der Waals surface area contributed by atoms with Gasteiger partial charge in [-0.1, -0.05) is 6.07 Å². The van der Waals surface area contributed by atoms with Crippen molar-refractivity contribution in [3.63, 3.8) is 0 Å². The van der Waals surface area contributed by atoms with Crippen LogP contribution in [0, 0.1) is 0 Å². The standard InChI is InChI=1S/C30H39N3O8S/c1-17(34)32-21-10-8-18-15-25(39-2)28(40-3)29(41-4)27(18)19-9-11-22(24(35)16-20(19)21)33-23(12-14-42-5)30(38)31-13-6-7-26(36)37/h9,11,15-16,21,23H,6-8,10,12-14H2,1-5H3,(H,31,38)(H,32,34)(H,33,35)(H,36,37). The minimum Gasteiger partial charge on any atom is -0.493 e. The van der Waals surface area contributed by atoms with Crippen molar-refractivity contribution < 1.29 is 33.7 Å². The Balaban J connectivity index is 2.12. The third-order valence-corrected chi connectivity index (χ3v) is 7.68. The maximum Gasteiger partial charge on any atom is 0.303 e. The lowest BCUT2D eigenvalue weighted by atomic mass is 9.95. The summed E-state index contributed by atoms with van der Waals surface area (Å²) >= 11 is 1.57. The van der Waals surface area contributed by atoms with Crippen molar-refractivity contribution in [3.8, 4) is 28.4 Å². The molecular formula is C30H39N3O8S. The van der Waals surface area contributed by atoms with Crippen LogP contribution in [0.5, 0.6) is 17.2 Å². The molecule has 0 radical (unpaired) electrons. The summed E-state index contributed by atoms with van der Waals surface area (Å²) in [6.45, 7) is 1.65. The molecule has 0 bridgehead atoms. The number of hydrogen-bond acceptors (Lipinski definition) is 9. The van der Waals surface area contributed by atoms with E-state index in [0.29, 0.717) is 59.8 Å². The van der Waals surface area contributed by atoms with Gasteiger partial charge in [0, 0.05) is 25.5 Å². The largest absolute Gasteiger partial charge is 0.493 e. The highest BCUT2D eigenvalue weighted by atomic mass is 32.2. The number of carboxylic acid groups (broad SMARTS) is 1. The van der Waals surface area contributed by atoms with Crippen molar-refractivity contribution in [2.45, 2.75) is 51.1 Å². The normalized spacial score (nSPS) is 14.4. The summed E-state index contributed by atoms with van der Waals surface area (Å²) in [6, 6.07) is 5.65. The number of thioether (sulfide) groups is 1. The number of fused-ring (bicyclic) bond motifs is 3. The lowest BCUT2D eigenvalue weighted by Gasteiger charge is -2.19. The van der Waals surface area contributed by atoms with Gasteiger partial charge in [-0.05, 0) is 72.6 Å². The van der Waals surface area contributed by atoms with Crippen LogP contribution >= 0.6 is 11.8 Å². The first-order valence-corrected chi connectivity index (χ1v) is 15.1. The Labute approximate surface area is 249 Å². The zero-order chi connectivity index (χ0) is 30.8. The molecule has 0 aromatic heterocycles. The number of carbonyl (C=O) groups is 3. The van der Waals surface area contributed by atoms with Crippen LogP contribution in [0.25, 0.3) is 11.1 Å². The molecule has 1 aliphatic rings. The van der Waals surface area contributed by atoms with Gasteiger partial charge in [-0.2, -0.15) is 11.8 Å². The molecule has 0 aliphatic heterocycles. The molecule has 11 nitrogen and oxygen atoms in total. The lowest BCUT2D eigenvalue weighted by Crippen LogP contribution is -2.41. The van der Waals surface area contributed by atoms with Crippen molar-refractivity contribution >= 4 is 35.2 Å². The SMILES string of the molecule is COc1cc2c(c(OC)c1OC)-c1ccc(NC(CCSC)C(=O)NCCCC(=O)O)c(=O)cc1C(NC(C)=O)CC2. The van der Waals surface area contributed by atoms with E-state index in [-0.39, 0.29) is 35.9 Å². The number of aliphatic carboxylic acids is 1. The number of methoxy groups -OCH3 is 3. The minimum atomic E-state index is -0.930. The molecule has 1 aliphatic carbocycles. The Hall–Kier alpha value is -3.93. The molecule has 12 heteroatoms. The van der Waals surface area contributed by atoms with Gasteiger partial charge in [0.15, 0.2) is 11.5 Å². The van der Waals surface area contributed by atoms with Gasteiger partial charge in [-0.15, -0.1) is 0 Å². The van der Waals surface area contributed by atoms with Gasteiger partial charge in [-0.3, -0.25) is 19.2 Å². The first-order chi connectivity index (χ1) is 20.1. The molecule has 0 fully saturated rings. The van der Waals surface area contributed by atoms with Gasteiger partial charge >= 0.3 is 5.97 Å². The van der Waals surface area contributed by atoms with Gasteiger partial charge in [0.25, 0.3) is 0 Å². The summed E-state index contributed by atoms with van der Waals surface area (Å²) in [4.78, 5) is 49.7. The molecule has 4 N–H and O–H groups in total. The summed E-state index contributed by atoms with van der Waals surface area (Å²) in [5.41, 5.74) is 2.81. The molecule has 0 saturated carbocycles. The van der Waals surface area contributed by atoms with E-state index in [9.17, 15) is 19.2 Å². The Bertz CT molecular complexity index is 1370. The fourth-order valence-electron chi connectivity index (χ4n) is 5.09. The molecule has 0 saturated heterocycles. The molecule has 2 atom stereocenters. The predicted molar refractivity (Wildman–Crippen MR) is 163 cm³/mol. The fourth-order valence-corrected chi connectivity index (χ4v) is 5.56. The number of amides is 2. The van der Waals surface area contributed by atoms with E-state index >= 15 is 0 Å². The summed E-state index contributed by atoms with van der Waals surface area (Å²) in [7, 11) is 4.61. The predicted octanol–water partition coefficient (Wildman–Crippen LogP) is 3.38. The molecule has 2 aromatic carbocycles. The number of nitrogens with one attached hydrogen (secondary N) is 3. The van der Waals surface area contributed by atoms with Gasteiger partial charge in [-0.25, -0.2) is 0 Å². The lowest BCUT2D eigenvalue weighted by molar-refractivity contribution is -0.137. The van der Waals surface area contributed by atoms with Crippen LogP contribution in [0.4, 0.5) is 5.69 Å². The average molecular weight is 602 g/mol. The van der Waals surface area contributed by atoms with E-state index < -0.39 is 18.1 Å². The number of aryl methyl sites for hydroxylation is 1. The second kappa shape index (κ2) is 15.3. The van der Waals surface area contributed by atoms with Gasteiger partial charge in [0.2, 0.25) is 23.0 Å². The molecule has 2 aromatic rings. The first kappa shape index (κ1) is 32.6. The zero-order valence-electron chi connectivity index (χ0n) is 24.6. The molecule has 0 spiro atoms. The van der Waals surface area contributed by atoms with E-state index in [4.69, 9.17) is 19.3 Å². The topological polar surface area (TPSA) is 152 Å². The van der Waals surface area contributed by atoms with E-state index in [1.807, 2.05) is 12.3 Å². The van der Waals surface area contributed by atoms with Crippen molar-refractivity contribution in [3.05, 3.63) is 45.6 Å². The second-order valence-corrected chi connectivity index (χ2v) is 10.8. The monoisotopic (exact) mass is 601 g/mol. The van der Waals surface area contributed by atoms with Crippen LogP contribution in [-0.2, 0) is 20.8 Å². The van der Waals surface area contributed by atoms with Gasteiger partial charge < -0.3 is 35.3 Å². The number of carbonyl (C=O) groups excluding carboxylic acids is 2. The van der Waals surface area contributed by atoms with Crippen molar-refractivity contribution in [1.82, 2.24) is 10.6 Å². The first-order valence-electron chi connectivity index (χ1n) is 13.7. The Kier molecular flexibility index (Phi) is 11.9. The van der Waals surface area contributed by atoms with E-state index in [1.54, 1.807) is 31.0 Å².